The maximum Gasteiger partial charge on any atom is 0.161 e. The van der Waals surface area contributed by atoms with Crippen molar-refractivity contribution in [2.45, 2.75) is 31.8 Å². The summed E-state index contributed by atoms with van der Waals surface area (Å²) in [6.45, 7) is 4.05. The molecule has 1 heterocycles. The Balaban J connectivity index is 1.44. The first kappa shape index (κ1) is 12.8. The van der Waals surface area contributed by atoms with E-state index < -0.39 is 0 Å². The van der Waals surface area contributed by atoms with Gasteiger partial charge in [-0.1, -0.05) is 12.1 Å². The number of nitrogens with one attached hydrogen (secondary N) is 1. The summed E-state index contributed by atoms with van der Waals surface area (Å²) in [5.74, 6) is 0.682. The van der Waals surface area contributed by atoms with Crippen molar-refractivity contribution in [1.82, 2.24) is 10.2 Å². The minimum Gasteiger partial charge on any atom is -0.504 e. The molecular weight excluding hydrogens is 240 g/mol. The fourth-order valence-corrected chi connectivity index (χ4v) is 2.93. The predicted octanol–water partition coefficient (Wildman–Crippen LogP) is 1.67. The Morgan fingerprint density at radius 1 is 1.21 bits per heavy atom. The fraction of sp³-hybridized carbons (Fsp3) is 0.600. The highest BCUT2D eigenvalue weighted by Gasteiger charge is 2.33. The first-order chi connectivity index (χ1) is 9.24. The van der Waals surface area contributed by atoms with Gasteiger partial charge in [-0.2, -0.15) is 0 Å². The van der Waals surface area contributed by atoms with E-state index >= 15 is 0 Å². The predicted molar refractivity (Wildman–Crippen MR) is 74.2 cm³/mol. The second-order valence-electron chi connectivity index (χ2n) is 5.80. The summed E-state index contributed by atoms with van der Waals surface area (Å²) < 4.78 is 0. The third-order valence-electron chi connectivity index (χ3n) is 4.23. The molecule has 19 heavy (non-hydrogen) atoms. The van der Waals surface area contributed by atoms with E-state index in [9.17, 15) is 10.2 Å². The van der Waals surface area contributed by atoms with Gasteiger partial charge in [0.15, 0.2) is 11.5 Å². The van der Waals surface area contributed by atoms with Crippen molar-refractivity contribution in [2.75, 3.05) is 19.6 Å². The summed E-state index contributed by atoms with van der Waals surface area (Å²) in [5.41, 5.74) is 0.761. The van der Waals surface area contributed by atoms with E-state index in [0.29, 0.717) is 6.54 Å². The number of phenolic OH excluding ortho intramolecular Hbond substituents is 2. The van der Waals surface area contributed by atoms with Crippen molar-refractivity contribution in [3.63, 3.8) is 0 Å². The lowest BCUT2D eigenvalue weighted by Crippen LogP contribution is -2.27. The zero-order valence-corrected chi connectivity index (χ0v) is 11.2. The molecule has 3 N–H and O–H groups in total. The van der Waals surface area contributed by atoms with Crippen LogP contribution in [0.1, 0.15) is 24.8 Å². The van der Waals surface area contributed by atoms with Gasteiger partial charge in [0.05, 0.1) is 0 Å². The Kier molecular flexibility index (Phi) is 3.62. The molecule has 104 valence electrons. The standard InChI is InChI=1S/C15H22N2O2/c18-14-3-1-2-12(15(14)19)9-16-8-11-6-7-17(10-11)13-4-5-13/h1-3,11,13,16,18-19H,4-10H2. The molecule has 4 heteroatoms. The molecule has 2 fully saturated rings. The molecule has 0 aromatic heterocycles. The lowest BCUT2D eigenvalue weighted by Gasteiger charge is -2.15. The molecule has 3 rings (SSSR count). The van der Waals surface area contributed by atoms with Gasteiger partial charge in [0.2, 0.25) is 0 Å². The van der Waals surface area contributed by atoms with Crippen LogP contribution in [0, 0.1) is 5.92 Å². The van der Waals surface area contributed by atoms with Crippen LogP contribution in [-0.4, -0.2) is 40.8 Å². The molecule has 2 aliphatic rings. The lowest BCUT2D eigenvalue weighted by atomic mass is 10.1. The van der Waals surface area contributed by atoms with Crippen LogP contribution in [0.25, 0.3) is 0 Å². The number of phenols is 2. The third-order valence-corrected chi connectivity index (χ3v) is 4.23. The van der Waals surface area contributed by atoms with Gasteiger partial charge in [-0.15, -0.1) is 0 Å². The van der Waals surface area contributed by atoms with E-state index in [1.165, 1.54) is 38.4 Å². The third kappa shape index (κ3) is 3.01. The van der Waals surface area contributed by atoms with Gasteiger partial charge in [0.25, 0.3) is 0 Å². The first-order valence-corrected chi connectivity index (χ1v) is 7.18. The topological polar surface area (TPSA) is 55.7 Å². The van der Waals surface area contributed by atoms with Gasteiger partial charge in [-0.3, -0.25) is 0 Å². The summed E-state index contributed by atoms with van der Waals surface area (Å²) in [7, 11) is 0. The molecular formula is C15H22N2O2. The van der Waals surface area contributed by atoms with E-state index in [1.807, 2.05) is 6.07 Å². The molecule has 1 aromatic rings. The Morgan fingerprint density at radius 3 is 2.84 bits per heavy atom. The Labute approximate surface area is 114 Å². The number of hydrogen-bond acceptors (Lipinski definition) is 4. The first-order valence-electron chi connectivity index (χ1n) is 7.18. The zero-order chi connectivity index (χ0) is 13.2. The van der Waals surface area contributed by atoms with Crippen LogP contribution in [-0.2, 0) is 6.54 Å². The molecule has 1 unspecified atom stereocenters. The number of hydrogen-bond donors (Lipinski definition) is 3. The highest BCUT2D eigenvalue weighted by atomic mass is 16.3. The average molecular weight is 262 g/mol. The molecule has 4 nitrogen and oxygen atoms in total. The monoisotopic (exact) mass is 262 g/mol. The largest absolute Gasteiger partial charge is 0.504 e. The molecule has 0 amide bonds. The minimum absolute atomic E-state index is 0.000953. The normalized spacial score (nSPS) is 23.9. The van der Waals surface area contributed by atoms with Crippen molar-refractivity contribution in [3.8, 4) is 11.5 Å². The number of para-hydroxylation sites is 1. The van der Waals surface area contributed by atoms with Gasteiger partial charge >= 0.3 is 0 Å². The fourth-order valence-electron chi connectivity index (χ4n) is 2.93. The summed E-state index contributed by atoms with van der Waals surface area (Å²) in [6, 6.07) is 5.98. The zero-order valence-electron chi connectivity index (χ0n) is 11.2. The van der Waals surface area contributed by atoms with E-state index in [2.05, 4.69) is 10.2 Å². The second-order valence-corrected chi connectivity index (χ2v) is 5.80. The quantitative estimate of drug-likeness (QED) is 0.707. The molecule has 1 atom stereocenters. The van der Waals surface area contributed by atoms with Crippen molar-refractivity contribution in [3.05, 3.63) is 23.8 Å². The van der Waals surface area contributed by atoms with Crippen LogP contribution >= 0.6 is 0 Å². The van der Waals surface area contributed by atoms with Crippen molar-refractivity contribution in [2.24, 2.45) is 5.92 Å². The summed E-state index contributed by atoms with van der Waals surface area (Å²) in [4.78, 5) is 2.61. The number of rotatable bonds is 5. The van der Waals surface area contributed by atoms with E-state index in [0.717, 1.165) is 24.1 Å². The molecule has 1 saturated heterocycles. The van der Waals surface area contributed by atoms with E-state index in [4.69, 9.17) is 0 Å². The van der Waals surface area contributed by atoms with Crippen molar-refractivity contribution < 1.29 is 10.2 Å². The summed E-state index contributed by atoms with van der Waals surface area (Å²) in [6.07, 6.45) is 4.05. The second kappa shape index (κ2) is 5.39. The highest BCUT2D eigenvalue weighted by molar-refractivity contribution is 5.44. The molecule has 1 aliphatic carbocycles. The van der Waals surface area contributed by atoms with Gasteiger partial charge < -0.3 is 20.4 Å². The smallest absolute Gasteiger partial charge is 0.161 e. The van der Waals surface area contributed by atoms with Crippen LogP contribution in [0.15, 0.2) is 18.2 Å². The Hall–Kier alpha value is -1.26. The SMILES string of the molecule is Oc1cccc(CNCC2CCN(C3CC3)C2)c1O. The lowest BCUT2D eigenvalue weighted by molar-refractivity contribution is 0.311. The Morgan fingerprint density at radius 2 is 2.05 bits per heavy atom. The van der Waals surface area contributed by atoms with E-state index in [1.54, 1.807) is 6.07 Å². The maximum atomic E-state index is 9.71. The number of benzene rings is 1. The molecule has 1 aliphatic heterocycles. The van der Waals surface area contributed by atoms with Gasteiger partial charge in [-0.05, 0) is 44.3 Å². The van der Waals surface area contributed by atoms with Crippen molar-refractivity contribution in [1.29, 1.82) is 0 Å². The average Bonchev–Trinajstić information content (AvgIpc) is 3.15. The van der Waals surface area contributed by atoms with Crippen LogP contribution in [0.2, 0.25) is 0 Å². The van der Waals surface area contributed by atoms with Crippen LogP contribution < -0.4 is 5.32 Å². The van der Waals surface area contributed by atoms with Gasteiger partial charge in [0.1, 0.15) is 0 Å². The van der Waals surface area contributed by atoms with Crippen molar-refractivity contribution >= 4 is 0 Å². The Bertz CT molecular complexity index is 446. The minimum atomic E-state index is -0.0416. The van der Waals surface area contributed by atoms with Crippen LogP contribution in [0.4, 0.5) is 0 Å². The van der Waals surface area contributed by atoms with Crippen LogP contribution in [0.5, 0.6) is 11.5 Å². The van der Waals surface area contributed by atoms with Crippen LogP contribution in [0.3, 0.4) is 0 Å². The molecule has 1 aromatic carbocycles. The van der Waals surface area contributed by atoms with Gasteiger partial charge in [0, 0.05) is 24.7 Å². The molecule has 0 radical (unpaired) electrons. The summed E-state index contributed by atoms with van der Waals surface area (Å²) in [5, 5.41) is 22.5. The van der Waals surface area contributed by atoms with Gasteiger partial charge in [-0.25, -0.2) is 0 Å². The number of nitrogens with zero attached hydrogens (tertiary/aromatic N) is 1. The summed E-state index contributed by atoms with van der Waals surface area (Å²) >= 11 is 0. The maximum absolute atomic E-state index is 9.71. The molecule has 0 bridgehead atoms. The molecule has 0 spiro atoms. The molecule has 1 saturated carbocycles. The van der Waals surface area contributed by atoms with E-state index in [-0.39, 0.29) is 11.5 Å². The number of likely N-dealkylation sites (tertiary alicyclic amines) is 1. The highest BCUT2D eigenvalue weighted by Crippen LogP contribution is 2.31. The number of aromatic hydroxyl groups is 2.